The van der Waals surface area contributed by atoms with E-state index >= 15 is 0 Å². The van der Waals surface area contributed by atoms with Crippen LogP contribution in [0.1, 0.15) is 18.9 Å². The molecule has 7 nitrogen and oxygen atoms in total. The number of hydrogen-bond donors (Lipinski definition) is 5. The highest BCUT2D eigenvalue weighted by Gasteiger charge is 2.26. The summed E-state index contributed by atoms with van der Waals surface area (Å²) in [4.78, 5) is 23.7. The molecule has 0 heterocycles. The Morgan fingerprint density at radius 1 is 1.32 bits per heavy atom. The molecular formula is C21H21N3O4. The largest absolute Gasteiger partial charge is 0.399 e. The van der Waals surface area contributed by atoms with Gasteiger partial charge in [0, 0.05) is 22.7 Å². The molecule has 1 aromatic carbocycles. The van der Waals surface area contributed by atoms with Gasteiger partial charge < -0.3 is 16.2 Å². The molecule has 0 spiro atoms. The van der Waals surface area contributed by atoms with E-state index in [1.165, 1.54) is 12.4 Å². The molecule has 1 aliphatic rings. The van der Waals surface area contributed by atoms with Crippen LogP contribution in [0, 0.1) is 29.6 Å². The lowest BCUT2D eigenvalue weighted by atomic mass is 9.96. The SMILES string of the molecule is C[C@@H](O)[C@H](NC(=O)C1=CCC(C#CC#Cc2cccc(N)c2)C=C1)C(=O)NO. The number of nitrogens with two attached hydrogens (primary N) is 1. The van der Waals surface area contributed by atoms with Crippen molar-refractivity contribution in [3.63, 3.8) is 0 Å². The number of aliphatic hydroxyl groups excluding tert-OH is 1. The van der Waals surface area contributed by atoms with Gasteiger partial charge in [-0.3, -0.25) is 14.8 Å². The van der Waals surface area contributed by atoms with Gasteiger partial charge in [0.15, 0.2) is 0 Å². The van der Waals surface area contributed by atoms with E-state index in [1.807, 2.05) is 12.1 Å². The second-order valence-electron chi connectivity index (χ2n) is 6.17. The van der Waals surface area contributed by atoms with E-state index in [-0.39, 0.29) is 5.92 Å². The van der Waals surface area contributed by atoms with Crippen LogP contribution in [0.2, 0.25) is 0 Å². The lowest BCUT2D eigenvalue weighted by Gasteiger charge is -2.20. The molecule has 0 bridgehead atoms. The van der Waals surface area contributed by atoms with Crippen LogP contribution in [0.3, 0.4) is 0 Å². The number of hydrogen-bond acceptors (Lipinski definition) is 5. The van der Waals surface area contributed by atoms with Crippen molar-refractivity contribution in [1.82, 2.24) is 10.8 Å². The number of carbonyl (C=O) groups excluding carboxylic acids is 2. The van der Waals surface area contributed by atoms with Crippen LogP contribution in [0.15, 0.2) is 48.1 Å². The fourth-order valence-electron chi connectivity index (χ4n) is 2.44. The zero-order valence-electron chi connectivity index (χ0n) is 15.3. The summed E-state index contributed by atoms with van der Waals surface area (Å²) in [6, 6.07) is 5.95. The lowest BCUT2D eigenvalue weighted by Crippen LogP contribution is -2.52. The summed E-state index contributed by atoms with van der Waals surface area (Å²) in [6.45, 7) is 1.34. The van der Waals surface area contributed by atoms with Crippen molar-refractivity contribution in [2.75, 3.05) is 5.73 Å². The Balaban J connectivity index is 1.94. The number of carbonyl (C=O) groups is 2. The first-order valence-electron chi connectivity index (χ1n) is 8.59. The highest BCUT2D eigenvalue weighted by molar-refractivity contribution is 5.99. The smallest absolute Gasteiger partial charge is 0.268 e. The summed E-state index contributed by atoms with van der Waals surface area (Å²) >= 11 is 0. The predicted octanol–water partition coefficient (Wildman–Crippen LogP) is 0.497. The number of amides is 2. The Bertz CT molecular complexity index is 926. The van der Waals surface area contributed by atoms with Crippen molar-refractivity contribution < 1.29 is 19.9 Å². The summed E-state index contributed by atoms with van der Waals surface area (Å²) in [6.07, 6.45) is 4.40. The van der Waals surface area contributed by atoms with Crippen molar-refractivity contribution in [2.45, 2.75) is 25.5 Å². The van der Waals surface area contributed by atoms with Gasteiger partial charge in [0.05, 0.1) is 6.10 Å². The van der Waals surface area contributed by atoms with Crippen LogP contribution in [0.5, 0.6) is 0 Å². The average Bonchev–Trinajstić information content (AvgIpc) is 2.69. The second kappa shape index (κ2) is 9.98. The maximum absolute atomic E-state index is 12.2. The van der Waals surface area contributed by atoms with Gasteiger partial charge >= 0.3 is 0 Å². The summed E-state index contributed by atoms with van der Waals surface area (Å²) in [5.41, 5.74) is 8.87. The van der Waals surface area contributed by atoms with Gasteiger partial charge in [-0.2, -0.15) is 0 Å². The Morgan fingerprint density at radius 2 is 2.11 bits per heavy atom. The van der Waals surface area contributed by atoms with Crippen LogP contribution in [0.25, 0.3) is 0 Å². The molecular weight excluding hydrogens is 358 g/mol. The van der Waals surface area contributed by atoms with Crippen molar-refractivity contribution in [3.05, 3.63) is 53.6 Å². The van der Waals surface area contributed by atoms with E-state index in [9.17, 15) is 14.7 Å². The highest BCUT2D eigenvalue weighted by atomic mass is 16.5. The first-order valence-corrected chi connectivity index (χ1v) is 8.59. The molecule has 0 radical (unpaired) electrons. The number of aliphatic hydroxyl groups is 1. The Hall–Kier alpha value is -3.52. The predicted molar refractivity (Wildman–Crippen MR) is 104 cm³/mol. The minimum absolute atomic E-state index is 0.0833. The van der Waals surface area contributed by atoms with Crippen LogP contribution in [-0.2, 0) is 9.59 Å². The molecule has 3 atom stereocenters. The maximum atomic E-state index is 12.2. The molecule has 0 fully saturated rings. The second-order valence-corrected chi connectivity index (χ2v) is 6.17. The summed E-state index contributed by atoms with van der Waals surface area (Å²) in [5.74, 6) is 9.96. The molecule has 0 saturated carbocycles. The van der Waals surface area contributed by atoms with Crippen molar-refractivity contribution in [1.29, 1.82) is 0 Å². The molecule has 2 amide bonds. The standard InChI is InChI=1S/C21H21N3O4/c1-14(25)19(21(27)24-28)23-20(26)17-11-9-15(10-12-17)5-2-3-6-16-7-4-8-18(22)13-16/h4,7-9,11-15,19,25,28H,10,22H2,1H3,(H,23,26)(H,24,27)/t14-,15?,19+/m1/s1. The summed E-state index contributed by atoms with van der Waals surface area (Å²) in [7, 11) is 0. The molecule has 7 heteroatoms. The van der Waals surface area contributed by atoms with E-state index in [2.05, 4.69) is 29.0 Å². The molecule has 2 rings (SSSR count). The van der Waals surface area contributed by atoms with Gasteiger partial charge in [-0.1, -0.05) is 36.1 Å². The molecule has 1 aliphatic carbocycles. The molecule has 1 aromatic rings. The number of allylic oxidation sites excluding steroid dienone is 2. The van der Waals surface area contributed by atoms with Crippen molar-refractivity contribution in [3.8, 4) is 23.7 Å². The molecule has 0 aromatic heterocycles. The number of rotatable bonds is 4. The van der Waals surface area contributed by atoms with E-state index in [4.69, 9.17) is 10.9 Å². The normalized spacial score (nSPS) is 17.0. The Morgan fingerprint density at radius 3 is 2.71 bits per heavy atom. The van der Waals surface area contributed by atoms with Gasteiger partial charge in [0.1, 0.15) is 6.04 Å². The third-order valence-electron chi connectivity index (χ3n) is 3.94. The van der Waals surface area contributed by atoms with Gasteiger partial charge in [0.25, 0.3) is 11.8 Å². The van der Waals surface area contributed by atoms with E-state index < -0.39 is 24.0 Å². The number of benzene rings is 1. The first-order chi connectivity index (χ1) is 13.4. The number of nitrogens with one attached hydrogen (secondary N) is 2. The average molecular weight is 379 g/mol. The zero-order valence-corrected chi connectivity index (χ0v) is 15.3. The molecule has 0 saturated heterocycles. The zero-order chi connectivity index (χ0) is 20.5. The van der Waals surface area contributed by atoms with Gasteiger partial charge in [-0.05, 0) is 43.4 Å². The molecule has 6 N–H and O–H groups in total. The number of nitrogen functional groups attached to an aromatic ring is 1. The fraction of sp³-hybridized carbons (Fsp3) is 0.238. The third kappa shape index (κ3) is 6.03. The van der Waals surface area contributed by atoms with Gasteiger partial charge in [-0.25, -0.2) is 5.48 Å². The van der Waals surface area contributed by atoms with E-state index in [0.717, 1.165) is 5.56 Å². The number of hydroxylamine groups is 1. The minimum atomic E-state index is -1.26. The van der Waals surface area contributed by atoms with Crippen molar-refractivity contribution >= 4 is 17.5 Å². The van der Waals surface area contributed by atoms with Crippen LogP contribution >= 0.6 is 0 Å². The quantitative estimate of drug-likeness (QED) is 0.225. The highest BCUT2D eigenvalue weighted by Crippen LogP contribution is 2.16. The first kappa shape index (κ1) is 20.8. The van der Waals surface area contributed by atoms with E-state index in [1.54, 1.807) is 30.4 Å². The molecule has 144 valence electrons. The van der Waals surface area contributed by atoms with Crippen LogP contribution in [0.4, 0.5) is 5.69 Å². The van der Waals surface area contributed by atoms with E-state index in [0.29, 0.717) is 17.7 Å². The topological polar surface area (TPSA) is 125 Å². The molecule has 0 aliphatic heterocycles. The summed E-state index contributed by atoms with van der Waals surface area (Å²) < 4.78 is 0. The maximum Gasteiger partial charge on any atom is 0.268 e. The Kier molecular flexibility index (Phi) is 7.41. The lowest BCUT2D eigenvalue weighted by molar-refractivity contribution is -0.136. The fourth-order valence-corrected chi connectivity index (χ4v) is 2.44. The van der Waals surface area contributed by atoms with Crippen LogP contribution in [-0.4, -0.2) is 34.3 Å². The number of anilines is 1. The molecule has 28 heavy (non-hydrogen) atoms. The van der Waals surface area contributed by atoms with Crippen molar-refractivity contribution in [2.24, 2.45) is 5.92 Å². The molecule has 1 unspecified atom stereocenters. The third-order valence-corrected chi connectivity index (χ3v) is 3.94. The summed E-state index contributed by atoms with van der Waals surface area (Å²) in [5, 5.41) is 20.6. The van der Waals surface area contributed by atoms with Crippen LogP contribution < -0.4 is 16.5 Å². The van der Waals surface area contributed by atoms with Gasteiger partial charge in [0.2, 0.25) is 0 Å². The van der Waals surface area contributed by atoms with Gasteiger partial charge in [-0.15, -0.1) is 0 Å². The monoisotopic (exact) mass is 379 g/mol. The Labute approximate surface area is 163 Å². The minimum Gasteiger partial charge on any atom is -0.399 e.